The van der Waals surface area contributed by atoms with Crippen molar-refractivity contribution in [3.05, 3.63) is 66.0 Å². The first-order valence-electron chi connectivity index (χ1n) is 11.4. The van der Waals surface area contributed by atoms with Gasteiger partial charge in [-0.05, 0) is 67.6 Å². The first-order chi connectivity index (χ1) is 15.9. The van der Waals surface area contributed by atoms with Gasteiger partial charge in [0.15, 0.2) is 0 Å². The van der Waals surface area contributed by atoms with Crippen molar-refractivity contribution in [2.75, 3.05) is 17.3 Å². The second-order valence-corrected chi connectivity index (χ2v) is 9.08. The van der Waals surface area contributed by atoms with E-state index in [2.05, 4.69) is 15.2 Å². The molecule has 0 aliphatic heterocycles. The van der Waals surface area contributed by atoms with Crippen LogP contribution in [0.25, 0.3) is 11.3 Å². The van der Waals surface area contributed by atoms with E-state index in [1.807, 2.05) is 37.4 Å². The fraction of sp³-hybridized carbons (Fsp3) is 0.346. The molecular weight excluding hydrogens is 419 g/mol. The molecular formula is C26H27FN4O2. The van der Waals surface area contributed by atoms with Crippen molar-refractivity contribution in [3.63, 3.8) is 0 Å². The molecule has 2 fully saturated rings. The highest BCUT2D eigenvalue weighted by Crippen LogP contribution is 2.41. The number of aromatic nitrogens is 2. The highest BCUT2D eigenvalue weighted by atomic mass is 19.1. The lowest BCUT2D eigenvalue weighted by Gasteiger charge is -2.24. The van der Waals surface area contributed by atoms with Crippen LogP contribution in [0.3, 0.4) is 0 Å². The maximum atomic E-state index is 13.4. The summed E-state index contributed by atoms with van der Waals surface area (Å²) < 4.78 is 13.4. The number of hydrogen-bond acceptors (Lipinski definition) is 5. The first kappa shape index (κ1) is 21.4. The number of carbonyl (C=O) groups is 1. The summed E-state index contributed by atoms with van der Waals surface area (Å²) >= 11 is 0. The van der Waals surface area contributed by atoms with Gasteiger partial charge in [0.05, 0.1) is 11.1 Å². The van der Waals surface area contributed by atoms with Crippen molar-refractivity contribution in [1.82, 2.24) is 9.97 Å². The number of carboxylic acid groups (broad SMARTS) is 1. The van der Waals surface area contributed by atoms with Gasteiger partial charge >= 0.3 is 5.97 Å². The third kappa shape index (κ3) is 4.27. The van der Waals surface area contributed by atoms with Gasteiger partial charge in [-0.15, -0.1) is 0 Å². The number of aliphatic carboxylic acids is 1. The van der Waals surface area contributed by atoms with Crippen LogP contribution in [0.5, 0.6) is 0 Å². The molecule has 3 aromatic rings. The second kappa shape index (κ2) is 8.46. The summed E-state index contributed by atoms with van der Waals surface area (Å²) in [6.07, 6.45) is 5.51. The Morgan fingerprint density at radius 3 is 2.33 bits per heavy atom. The smallest absolute Gasteiger partial charge is 0.314 e. The molecule has 2 aliphatic rings. The predicted molar refractivity (Wildman–Crippen MR) is 126 cm³/mol. The lowest BCUT2D eigenvalue weighted by Crippen LogP contribution is -2.32. The SMILES string of the molecule is CN(c1cc(-c2ccc(F)cc2)nc(Nc2ccc(C3(C(=O)O)CCCC3)cc2)n1)C1CC1. The largest absolute Gasteiger partial charge is 0.481 e. The second-order valence-electron chi connectivity index (χ2n) is 9.08. The van der Waals surface area contributed by atoms with Crippen LogP contribution >= 0.6 is 0 Å². The van der Waals surface area contributed by atoms with Crippen molar-refractivity contribution in [1.29, 1.82) is 0 Å². The molecule has 0 unspecified atom stereocenters. The molecule has 170 valence electrons. The number of anilines is 3. The molecule has 0 amide bonds. The molecule has 6 nitrogen and oxygen atoms in total. The van der Waals surface area contributed by atoms with Crippen LogP contribution in [0.1, 0.15) is 44.1 Å². The van der Waals surface area contributed by atoms with E-state index in [9.17, 15) is 14.3 Å². The van der Waals surface area contributed by atoms with E-state index < -0.39 is 11.4 Å². The highest BCUT2D eigenvalue weighted by molar-refractivity contribution is 5.82. The standard InChI is InChI=1S/C26H27FN4O2/c1-31(21-12-13-21)23-16-22(17-4-8-19(27)9-5-17)29-25(30-23)28-20-10-6-18(7-11-20)26(24(32)33)14-2-3-15-26/h4-11,16,21H,2-3,12-15H2,1H3,(H,32,33)(H,28,29,30). The fourth-order valence-corrected chi connectivity index (χ4v) is 4.69. The number of rotatable bonds is 7. The van der Waals surface area contributed by atoms with Gasteiger partial charge < -0.3 is 15.3 Å². The highest BCUT2D eigenvalue weighted by Gasteiger charge is 2.42. The van der Waals surface area contributed by atoms with E-state index in [1.165, 1.54) is 12.1 Å². The zero-order chi connectivity index (χ0) is 23.0. The van der Waals surface area contributed by atoms with Gasteiger partial charge in [-0.2, -0.15) is 4.98 Å². The van der Waals surface area contributed by atoms with Crippen LogP contribution in [0.15, 0.2) is 54.6 Å². The van der Waals surface area contributed by atoms with Crippen molar-refractivity contribution in [2.24, 2.45) is 0 Å². The van der Waals surface area contributed by atoms with Crippen molar-refractivity contribution < 1.29 is 14.3 Å². The molecule has 1 aromatic heterocycles. The van der Waals surface area contributed by atoms with E-state index in [0.717, 1.165) is 48.3 Å². The summed E-state index contributed by atoms with van der Waals surface area (Å²) in [7, 11) is 2.03. The topological polar surface area (TPSA) is 78.4 Å². The number of carboxylic acids is 1. The van der Waals surface area contributed by atoms with Gasteiger partial charge in [0.25, 0.3) is 0 Å². The molecule has 0 spiro atoms. The van der Waals surface area contributed by atoms with Crippen molar-refractivity contribution >= 4 is 23.4 Å². The molecule has 2 aromatic carbocycles. The van der Waals surface area contributed by atoms with Crippen LogP contribution in [0, 0.1) is 5.82 Å². The van der Waals surface area contributed by atoms with Gasteiger partial charge in [0.2, 0.25) is 5.95 Å². The Kier molecular flexibility index (Phi) is 5.48. The lowest BCUT2D eigenvalue weighted by molar-refractivity contribution is -0.143. The summed E-state index contributed by atoms with van der Waals surface area (Å²) in [5.74, 6) is 0.217. The number of benzene rings is 2. The lowest BCUT2D eigenvalue weighted by atomic mass is 9.79. The van der Waals surface area contributed by atoms with E-state index in [4.69, 9.17) is 4.98 Å². The maximum Gasteiger partial charge on any atom is 0.314 e. The average Bonchev–Trinajstić information content (AvgIpc) is 3.55. The molecule has 0 saturated heterocycles. The minimum atomic E-state index is -0.780. The maximum absolute atomic E-state index is 13.4. The molecule has 2 N–H and O–H groups in total. The minimum Gasteiger partial charge on any atom is -0.481 e. The van der Waals surface area contributed by atoms with Crippen molar-refractivity contribution in [3.8, 4) is 11.3 Å². The summed E-state index contributed by atoms with van der Waals surface area (Å²) in [6.45, 7) is 0. The Morgan fingerprint density at radius 2 is 1.73 bits per heavy atom. The summed E-state index contributed by atoms with van der Waals surface area (Å²) in [5.41, 5.74) is 2.37. The molecule has 7 heteroatoms. The minimum absolute atomic E-state index is 0.289. The number of nitrogens with one attached hydrogen (secondary N) is 1. The summed E-state index contributed by atoms with van der Waals surface area (Å²) in [4.78, 5) is 23.5. The molecule has 2 aliphatic carbocycles. The van der Waals surface area contributed by atoms with Crippen LogP contribution in [-0.4, -0.2) is 34.1 Å². The summed E-state index contributed by atoms with van der Waals surface area (Å²) in [5, 5.41) is 13.1. The van der Waals surface area contributed by atoms with Gasteiger partial charge in [0, 0.05) is 30.4 Å². The number of hydrogen-bond donors (Lipinski definition) is 2. The van der Waals surface area contributed by atoms with Crippen LogP contribution in [-0.2, 0) is 10.2 Å². The van der Waals surface area contributed by atoms with Crippen LogP contribution < -0.4 is 10.2 Å². The van der Waals surface area contributed by atoms with E-state index >= 15 is 0 Å². The van der Waals surface area contributed by atoms with Gasteiger partial charge in [-0.1, -0.05) is 25.0 Å². The molecule has 5 rings (SSSR count). The molecule has 33 heavy (non-hydrogen) atoms. The van der Waals surface area contributed by atoms with Gasteiger partial charge in [0.1, 0.15) is 11.6 Å². The van der Waals surface area contributed by atoms with Crippen molar-refractivity contribution in [2.45, 2.75) is 50.0 Å². The normalized spacial score (nSPS) is 17.0. The fourth-order valence-electron chi connectivity index (χ4n) is 4.69. The Morgan fingerprint density at radius 1 is 1.06 bits per heavy atom. The average molecular weight is 447 g/mol. The van der Waals surface area contributed by atoms with Crippen LogP contribution in [0.2, 0.25) is 0 Å². The van der Waals surface area contributed by atoms with Gasteiger partial charge in [-0.3, -0.25) is 4.79 Å². The Labute approximate surface area is 192 Å². The monoisotopic (exact) mass is 446 g/mol. The third-order valence-electron chi connectivity index (χ3n) is 6.87. The summed E-state index contributed by atoms with van der Waals surface area (Å²) in [6, 6.07) is 16.2. The number of nitrogens with zero attached hydrogens (tertiary/aromatic N) is 3. The number of halogens is 1. The van der Waals surface area contributed by atoms with E-state index in [1.54, 1.807) is 12.1 Å². The van der Waals surface area contributed by atoms with Crippen LogP contribution in [0.4, 0.5) is 21.8 Å². The predicted octanol–water partition coefficient (Wildman–Crippen LogP) is 5.52. The Bertz CT molecular complexity index is 1150. The zero-order valence-electron chi connectivity index (χ0n) is 18.6. The van der Waals surface area contributed by atoms with E-state index in [-0.39, 0.29) is 5.82 Å². The third-order valence-corrected chi connectivity index (χ3v) is 6.87. The quantitative estimate of drug-likeness (QED) is 0.497. The first-order valence-corrected chi connectivity index (χ1v) is 11.4. The molecule has 0 bridgehead atoms. The zero-order valence-corrected chi connectivity index (χ0v) is 18.6. The molecule has 1 heterocycles. The molecule has 0 radical (unpaired) electrons. The van der Waals surface area contributed by atoms with E-state index in [0.29, 0.717) is 30.5 Å². The molecule has 2 saturated carbocycles. The van der Waals surface area contributed by atoms with Gasteiger partial charge in [-0.25, -0.2) is 9.37 Å². The molecule has 0 atom stereocenters. The Balaban J connectivity index is 1.44. The Hall–Kier alpha value is -3.48.